The summed E-state index contributed by atoms with van der Waals surface area (Å²) in [5.74, 6) is -0.614. The predicted molar refractivity (Wildman–Crippen MR) is 98.8 cm³/mol. The Morgan fingerprint density at radius 3 is 2.35 bits per heavy atom. The van der Waals surface area contributed by atoms with Crippen LogP contribution in [0.1, 0.15) is 38.1 Å². The summed E-state index contributed by atoms with van der Waals surface area (Å²) in [6.07, 6.45) is 0.382. The minimum atomic E-state index is -3.69. The Hall–Kier alpha value is -2.29. The van der Waals surface area contributed by atoms with Crippen molar-refractivity contribution in [2.24, 2.45) is 0 Å². The van der Waals surface area contributed by atoms with Crippen LogP contribution in [0.15, 0.2) is 24.3 Å². The van der Waals surface area contributed by atoms with Crippen molar-refractivity contribution in [1.29, 1.82) is 0 Å². The lowest BCUT2D eigenvalue weighted by Gasteiger charge is -2.25. The van der Waals surface area contributed by atoms with E-state index in [0.717, 1.165) is 10.6 Å². The van der Waals surface area contributed by atoms with Crippen LogP contribution in [0.4, 0.5) is 10.5 Å². The van der Waals surface area contributed by atoms with E-state index in [2.05, 4.69) is 5.32 Å². The van der Waals surface area contributed by atoms with Crippen molar-refractivity contribution in [3.05, 3.63) is 29.8 Å². The smallest absolute Gasteiger partial charge is 0.407 e. The molecule has 0 saturated carbocycles. The van der Waals surface area contributed by atoms with Gasteiger partial charge in [-0.25, -0.2) is 18.0 Å². The Balaban J connectivity index is 2.97. The highest BCUT2D eigenvalue weighted by molar-refractivity contribution is 7.92. The third-order valence-electron chi connectivity index (χ3n) is 3.05. The van der Waals surface area contributed by atoms with Gasteiger partial charge in [0.2, 0.25) is 10.0 Å². The predicted octanol–water partition coefficient (Wildman–Crippen LogP) is 2.15. The SMILES string of the molecule is CCOC(=O)c1ccccc1N(CCNC(=O)OC(C)(C)C)S(C)(=O)=O. The summed E-state index contributed by atoms with van der Waals surface area (Å²) in [5.41, 5.74) is -0.326. The number of ether oxygens (including phenoxy) is 2. The number of benzene rings is 1. The average Bonchev–Trinajstić information content (AvgIpc) is 2.49. The van der Waals surface area contributed by atoms with Gasteiger partial charge >= 0.3 is 12.1 Å². The van der Waals surface area contributed by atoms with Crippen molar-refractivity contribution < 1.29 is 27.5 Å². The average molecular weight is 386 g/mol. The van der Waals surface area contributed by atoms with Crippen molar-refractivity contribution in [2.75, 3.05) is 30.3 Å². The first-order valence-electron chi connectivity index (χ1n) is 8.16. The summed E-state index contributed by atoms with van der Waals surface area (Å²) < 4.78 is 35.5. The zero-order valence-corrected chi connectivity index (χ0v) is 16.6. The molecule has 1 rings (SSSR count). The fourth-order valence-electron chi connectivity index (χ4n) is 2.11. The van der Waals surface area contributed by atoms with Gasteiger partial charge in [-0.3, -0.25) is 4.31 Å². The number of esters is 1. The first kappa shape index (κ1) is 21.8. The van der Waals surface area contributed by atoms with Gasteiger partial charge in [-0.15, -0.1) is 0 Å². The number of rotatable bonds is 7. The summed E-state index contributed by atoms with van der Waals surface area (Å²) in [6, 6.07) is 6.25. The van der Waals surface area contributed by atoms with E-state index in [1.54, 1.807) is 39.8 Å². The monoisotopic (exact) mass is 386 g/mol. The molecule has 0 aliphatic rings. The molecule has 0 aliphatic heterocycles. The van der Waals surface area contributed by atoms with Gasteiger partial charge < -0.3 is 14.8 Å². The molecule has 1 N–H and O–H groups in total. The molecule has 0 radical (unpaired) electrons. The van der Waals surface area contributed by atoms with E-state index in [-0.39, 0.29) is 30.9 Å². The number of carbonyl (C=O) groups excluding carboxylic acids is 2. The number of hydrogen-bond donors (Lipinski definition) is 1. The molecule has 0 atom stereocenters. The van der Waals surface area contributed by atoms with E-state index in [0.29, 0.717) is 0 Å². The largest absolute Gasteiger partial charge is 0.462 e. The summed E-state index contributed by atoms with van der Waals surface area (Å²) in [4.78, 5) is 23.8. The van der Waals surface area contributed by atoms with Gasteiger partial charge in [-0.05, 0) is 39.8 Å². The Kier molecular flexibility index (Phi) is 7.43. The maximum absolute atomic E-state index is 12.2. The third-order valence-corrected chi connectivity index (χ3v) is 4.23. The fourth-order valence-corrected chi connectivity index (χ4v) is 3.05. The molecule has 1 aromatic carbocycles. The second-order valence-electron chi connectivity index (χ2n) is 6.50. The number of hydrogen-bond acceptors (Lipinski definition) is 6. The van der Waals surface area contributed by atoms with Gasteiger partial charge in [-0.2, -0.15) is 0 Å². The molecule has 0 aromatic heterocycles. The number of nitrogens with one attached hydrogen (secondary N) is 1. The lowest BCUT2D eigenvalue weighted by molar-refractivity contribution is 0.0516. The van der Waals surface area contributed by atoms with Crippen LogP contribution < -0.4 is 9.62 Å². The minimum Gasteiger partial charge on any atom is -0.462 e. The molecule has 1 aromatic rings. The molecule has 146 valence electrons. The van der Waals surface area contributed by atoms with Gasteiger partial charge in [-0.1, -0.05) is 12.1 Å². The highest BCUT2D eigenvalue weighted by Crippen LogP contribution is 2.23. The number of anilines is 1. The van der Waals surface area contributed by atoms with Crippen LogP contribution in [0.25, 0.3) is 0 Å². The highest BCUT2D eigenvalue weighted by atomic mass is 32.2. The lowest BCUT2D eigenvalue weighted by atomic mass is 10.2. The van der Waals surface area contributed by atoms with Crippen LogP contribution in [0.5, 0.6) is 0 Å². The van der Waals surface area contributed by atoms with Crippen LogP contribution in [0.2, 0.25) is 0 Å². The molecule has 0 aliphatic carbocycles. The molecule has 1 amide bonds. The molecule has 0 unspecified atom stereocenters. The fraction of sp³-hybridized carbons (Fsp3) is 0.529. The Labute approximate surface area is 154 Å². The summed E-state index contributed by atoms with van der Waals surface area (Å²) in [5, 5.41) is 2.50. The van der Waals surface area contributed by atoms with E-state index in [1.165, 1.54) is 12.1 Å². The van der Waals surface area contributed by atoms with E-state index in [9.17, 15) is 18.0 Å². The Bertz CT molecular complexity index is 740. The van der Waals surface area contributed by atoms with Crippen molar-refractivity contribution in [1.82, 2.24) is 5.32 Å². The summed E-state index contributed by atoms with van der Waals surface area (Å²) >= 11 is 0. The number of alkyl carbamates (subject to hydrolysis) is 1. The van der Waals surface area contributed by atoms with Gasteiger partial charge in [0.25, 0.3) is 0 Å². The number of amides is 1. The zero-order chi connectivity index (χ0) is 20.0. The zero-order valence-electron chi connectivity index (χ0n) is 15.7. The summed E-state index contributed by atoms with van der Waals surface area (Å²) in [7, 11) is -3.69. The molecule has 26 heavy (non-hydrogen) atoms. The van der Waals surface area contributed by atoms with Crippen LogP contribution in [-0.2, 0) is 19.5 Å². The van der Waals surface area contributed by atoms with Gasteiger partial charge in [0.15, 0.2) is 0 Å². The topological polar surface area (TPSA) is 102 Å². The maximum atomic E-state index is 12.2. The highest BCUT2D eigenvalue weighted by Gasteiger charge is 2.24. The normalized spacial score (nSPS) is 11.6. The van der Waals surface area contributed by atoms with Gasteiger partial charge in [0.1, 0.15) is 5.60 Å². The third kappa shape index (κ3) is 6.91. The molecule has 9 heteroatoms. The number of sulfonamides is 1. The number of nitrogens with zero attached hydrogens (tertiary/aromatic N) is 1. The number of para-hydroxylation sites is 1. The van der Waals surface area contributed by atoms with E-state index in [4.69, 9.17) is 9.47 Å². The van der Waals surface area contributed by atoms with Crippen LogP contribution in [0, 0.1) is 0 Å². The van der Waals surface area contributed by atoms with Crippen LogP contribution in [-0.4, -0.2) is 52.0 Å². The second kappa shape index (κ2) is 8.88. The number of carbonyl (C=O) groups is 2. The first-order valence-corrected chi connectivity index (χ1v) is 10.0. The molecule has 0 saturated heterocycles. The molecular weight excluding hydrogens is 360 g/mol. The lowest BCUT2D eigenvalue weighted by Crippen LogP contribution is -2.40. The van der Waals surface area contributed by atoms with Crippen molar-refractivity contribution in [2.45, 2.75) is 33.3 Å². The molecular formula is C17H26N2O6S. The molecule has 8 nitrogen and oxygen atoms in total. The van der Waals surface area contributed by atoms with Crippen LogP contribution >= 0.6 is 0 Å². The minimum absolute atomic E-state index is 0.0130. The molecule has 0 fully saturated rings. The van der Waals surface area contributed by atoms with Gasteiger partial charge in [0, 0.05) is 6.54 Å². The van der Waals surface area contributed by atoms with Crippen molar-refractivity contribution in [3.8, 4) is 0 Å². The molecule has 0 spiro atoms. The van der Waals surface area contributed by atoms with Gasteiger partial charge in [0.05, 0.1) is 30.7 Å². The van der Waals surface area contributed by atoms with Crippen LogP contribution in [0.3, 0.4) is 0 Å². The van der Waals surface area contributed by atoms with E-state index < -0.39 is 27.7 Å². The molecule has 0 bridgehead atoms. The van der Waals surface area contributed by atoms with Crippen molar-refractivity contribution >= 4 is 27.8 Å². The first-order chi connectivity index (χ1) is 12.0. The second-order valence-corrected chi connectivity index (χ2v) is 8.41. The van der Waals surface area contributed by atoms with E-state index >= 15 is 0 Å². The van der Waals surface area contributed by atoms with E-state index in [1.807, 2.05) is 0 Å². The van der Waals surface area contributed by atoms with Crippen molar-refractivity contribution in [3.63, 3.8) is 0 Å². The maximum Gasteiger partial charge on any atom is 0.407 e. The summed E-state index contributed by atoms with van der Waals surface area (Å²) in [6.45, 7) is 6.97. The Morgan fingerprint density at radius 1 is 1.19 bits per heavy atom. The molecule has 0 heterocycles. The quantitative estimate of drug-likeness (QED) is 0.721. The Morgan fingerprint density at radius 2 is 1.81 bits per heavy atom. The standard InChI is InChI=1S/C17H26N2O6S/c1-6-24-15(20)13-9-7-8-10-14(13)19(26(5,22)23)12-11-18-16(21)25-17(2,3)4/h7-10H,6,11-12H2,1-5H3,(H,18,21).